The van der Waals surface area contributed by atoms with Crippen LogP contribution in [0.1, 0.15) is 15.9 Å². The summed E-state index contributed by atoms with van der Waals surface area (Å²) in [6.45, 7) is 0.552. The number of rotatable bonds is 4. The first kappa shape index (κ1) is 11.6. The van der Waals surface area contributed by atoms with E-state index in [-0.39, 0.29) is 5.91 Å². The number of carbonyl (C=O) groups excluding carboxylic acids is 1. The second kappa shape index (κ2) is 5.45. The van der Waals surface area contributed by atoms with Gasteiger partial charge in [-0.15, -0.1) is 0 Å². The minimum Gasteiger partial charge on any atom is -0.373 e. The highest BCUT2D eigenvalue weighted by Gasteiger charge is 2.05. The molecule has 0 aliphatic rings. The third-order valence-electron chi connectivity index (χ3n) is 2.31. The highest BCUT2D eigenvalue weighted by atomic mass is 32.1. The lowest BCUT2D eigenvalue weighted by Gasteiger charge is -2.04. The zero-order valence-electron chi connectivity index (χ0n) is 9.43. The summed E-state index contributed by atoms with van der Waals surface area (Å²) in [6.07, 6.45) is 1.56. The predicted octanol–water partition coefficient (Wildman–Crippen LogP) is 2.11. The van der Waals surface area contributed by atoms with Gasteiger partial charge >= 0.3 is 0 Å². The molecule has 0 aromatic carbocycles. The summed E-state index contributed by atoms with van der Waals surface area (Å²) < 4.78 is 0. The van der Waals surface area contributed by atoms with E-state index < -0.39 is 0 Å². The van der Waals surface area contributed by atoms with Crippen LogP contribution in [0.3, 0.4) is 0 Å². The second-order valence-corrected chi connectivity index (χ2v) is 4.28. The van der Waals surface area contributed by atoms with E-state index in [1.54, 1.807) is 36.7 Å². The Bertz CT molecular complexity index is 479. The Morgan fingerprint density at radius 1 is 1.41 bits per heavy atom. The van der Waals surface area contributed by atoms with Crippen LogP contribution < -0.4 is 10.6 Å². The molecule has 0 atom stereocenters. The minimum absolute atomic E-state index is 0.105. The molecule has 1 amide bonds. The Balaban J connectivity index is 1.95. The van der Waals surface area contributed by atoms with Crippen molar-refractivity contribution < 1.29 is 4.79 Å². The van der Waals surface area contributed by atoms with Crippen molar-refractivity contribution in [1.29, 1.82) is 0 Å². The molecule has 2 aromatic rings. The maximum atomic E-state index is 11.8. The molecule has 4 nitrogen and oxygen atoms in total. The van der Waals surface area contributed by atoms with E-state index in [0.717, 1.165) is 11.4 Å². The quantitative estimate of drug-likeness (QED) is 0.870. The van der Waals surface area contributed by atoms with Gasteiger partial charge in [-0.05, 0) is 34.5 Å². The maximum absolute atomic E-state index is 11.8. The normalized spacial score (nSPS) is 9.94. The molecule has 0 saturated carbocycles. The first-order valence-corrected chi connectivity index (χ1v) is 6.17. The zero-order chi connectivity index (χ0) is 12.1. The van der Waals surface area contributed by atoms with Crippen molar-refractivity contribution >= 4 is 23.1 Å². The standard InChI is InChI=1S/C12H13N3OS/c1-13-11-3-2-10(7-14-11)12(16)15-6-9-4-5-17-8-9/h2-5,7-8H,6H2,1H3,(H,13,14)(H,15,16). The predicted molar refractivity (Wildman–Crippen MR) is 69.3 cm³/mol. The fourth-order valence-corrected chi connectivity index (χ4v) is 2.02. The first-order chi connectivity index (χ1) is 8.29. The molecule has 0 spiro atoms. The number of aromatic nitrogens is 1. The molecule has 0 saturated heterocycles. The number of hydrogen-bond donors (Lipinski definition) is 2. The Morgan fingerprint density at radius 3 is 2.88 bits per heavy atom. The van der Waals surface area contributed by atoms with E-state index in [1.165, 1.54) is 0 Å². The average molecular weight is 247 g/mol. The van der Waals surface area contributed by atoms with Gasteiger partial charge in [0.25, 0.3) is 5.91 Å². The number of nitrogens with zero attached hydrogens (tertiary/aromatic N) is 1. The van der Waals surface area contributed by atoms with E-state index in [2.05, 4.69) is 15.6 Å². The van der Waals surface area contributed by atoms with Crippen LogP contribution in [-0.4, -0.2) is 17.9 Å². The lowest BCUT2D eigenvalue weighted by atomic mass is 10.2. The largest absolute Gasteiger partial charge is 0.373 e. The fourth-order valence-electron chi connectivity index (χ4n) is 1.35. The number of amides is 1. The van der Waals surface area contributed by atoms with Crippen molar-refractivity contribution in [2.45, 2.75) is 6.54 Å². The van der Waals surface area contributed by atoms with Crippen LogP contribution in [0.25, 0.3) is 0 Å². The van der Waals surface area contributed by atoms with Gasteiger partial charge in [-0.1, -0.05) is 0 Å². The molecular formula is C12H13N3OS. The molecule has 0 aliphatic heterocycles. The second-order valence-electron chi connectivity index (χ2n) is 3.50. The third kappa shape index (κ3) is 3.04. The number of anilines is 1. The zero-order valence-corrected chi connectivity index (χ0v) is 10.3. The Labute approximate surface area is 104 Å². The molecule has 0 bridgehead atoms. The summed E-state index contributed by atoms with van der Waals surface area (Å²) in [5.41, 5.74) is 1.68. The van der Waals surface area contributed by atoms with Crippen LogP contribution in [-0.2, 0) is 6.54 Å². The van der Waals surface area contributed by atoms with E-state index in [1.807, 2.05) is 16.8 Å². The molecule has 0 aliphatic carbocycles. The summed E-state index contributed by atoms with van der Waals surface area (Å²) in [4.78, 5) is 15.9. The van der Waals surface area contributed by atoms with Crippen molar-refractivity contribution in [3.05, 3.63) is 46.3 Å². The van der Waals surface area contributed by atoms with E-state index in [9.17, 15) is 4.79 Å². The number of pyridine rings is 1. The Morgan fingerprint density at radius 2 is 2.29 bits per heavy atom. The fraction of sp³-hybridized carbons (Fsp3) is 0.167. The Hall–Kier alpha value is -1.88. The Kier molecular flexibility index (Phi) is 3.72. The summed E-state index contributed by atoms with van der Waals surface area (Å²) >= 11 is 1.62. The average Bonchev–Trinajstić information content (AvgIpc) is 2.89. The molecule has 0 unspecified atom stereocenters. The lowest BCUT2D eigenvalue weighted by molar-refractivity contribution is 0.0950. The van der Waals surface area contributed by atoms with Crippen LogP contribution in [0.5, 0.6) is 0 Å². The van der Waals surface area contributed by atoms with Crippen molar-refractivity contribution in [1.82, 2.24) is 10.3 Å². The monoisotopic (exact) mass is 247 g/mol. The molecule has 2 aromatic heterocycles. The first-order valence-electron chi connectivity index (χ1n) is 5.22. The van der Waals surface area contributed by atoms with Crippen molar-refractivity contribution in [3.8, 4) is 0 Å². The van der Waals surface area contributed by atoms with Gasteiger partial charge in [0.2, 0.25) is 0 Å². The van der Waals surface area contributed by atoms with Gasteiger partial charge in [0.15, 0.2) is 0 Å². The summed E-state index contributed by atoms with van der Waals surface area (Å²) in [5.74, 6) is 0.644. The molecule has 2 N–H and O–H groups in total. The summed E-state index contributed by atoms with van der Waals surface area (Å²) in [5, 5.41) is 9.76. The van der Waals surface area contributed by atoms with Crippen molar-refractivity contribution in [3.63, 3.8) is 0 Å². The highest BCUT2D eigenvalue weighted by molar-refractivity contribution is 7.07. The molecule has 0 radical (unpaired) electrons. The van der Waals surface area contributed by atoms with Crippen LogP contribution >= 0.6 is 11.3 Å². The van der Waals surface area contributed by atoms with E-state index in [0.29, 0.717) is 12.1 Å². The summed E-state index contributed by atoms with van der Waals surface area (Å²) in [7, 11) is 1.79. The summed E-state index contributed by atoms with van der Waals surface area (Å²) in [6, 6.07) is 5.52. The molecule has 17 heavy (non-hydrogen) atoms. The smallest absolute Gasteiger partial charge is 0.253 e. The van der Waals surface area contributed by atoms with Gasteiger partial charge < -0.3 is 10.6 Å². The van der Waals surface area contributed by atoms with Crippen molar-refractivity contribution in [2.75, 3.05) is 12.4 Å². The van der Waals surface area contributed by atoms with Crippen LogP contribution in [0, 0.1) is 0 Å². The molecular weight excluding hydrogens is 234 g/mol. The van der Waals surface area contributed by atoms with Gasteiger partial charge in [0.1, 0.15) is 5.82 Å². The number of carbonyl (C=O) groups is 1. The van der Waals surface area contributed by atoms with E-state index >= 15 is 0 Å². The number of thiophene rings is 1. The van der Waals surface area contributed by atoms with Crippen LogP contribution in [0.4, 0.5) is 5.82 Å². The molecule has 88 valence electrons. The van der Waals surface area contributed by atoms with Gasteiger partial charge in [0, 0.05) is 19.8 Å². The van der Waals surface area contributed by atoms with Gasteiger partial charge in [-0.25, -0.2) is 4.98 Å². The van der Waals surface area contributed by atoms with Gasteiger partial charge in [0.05, 0.1) is 5.56 Å². The van der Waals surface area contributed by atoms with E-state index in [4.69, 9.17) is 0 Å². The van der Waals surface area contributed by atoms with Crippen LogP contribution in [0.15, 0.2) is 35.2 Å². The van der Waals surface area contributed by atoms with Gasteiger partial charge in [-0.2, -0.15) is 11.3 Å². The van der Waals surface area contributed by atoms with Crippen molar-refractivity contribution in [2.24, 2.45) is 0 Å². The topological polar surface area (TPSA) is 54.0 Å². The number of hydrogen-bond acceptors (Lipinski definition) is 4. The minimum atomic E-state index is -0.105. The molecule has 5 heteroatoms. The molecule has 2 rings (SSSR count). The SMILES string of the molecule is CNc1ccc(C(=O)NCc2ccsc2)cn1. The highest BCUT2D eigenvalue weighted by Crippen LogP contribution is 2.07. The lowest BCUT2D eigenvalue weighted by Crippen LogP contribution is -2.22. The number of nitrogens with one attached hydrogen (secondary N) is 2. The molecule has 0 fully saturated rings. The third-order valence-corrected chi connectivity index (χ3v) is 3.05. The molecule has 2 heterocycles. The van der Waals surface area contributed by atoms with Crippen LogP contribution in [0.2, 0.25) is 0 Å². The van der Waals surface area contributed by atoms with Gasteiger partial charge in [-0.3, -0.25) is 4.79 Å². The maximum Gasteiger partial charge on any atom is 0.253 e.